The fourth-order valence-corrected chi connectivity index (χ4v) is 3.10. The zero-order valence-electron chi connectivity index (χ0n) is 14.4. The molecular weight excluding hydrogens is 330 g/mol. The van der Waals surface area contributed by atoms with Gasteiger partial charge in [-0.1, -0.05) is 0 Å². The Hall–Kier alpha value is -2.93. The number of hydrogen-bond acceptors (Lipinski definition) is 6. The summed E-state index contributed by atoms with van der Waals surface area (Å²) in [5.74, 6) is 0.671. The summed E-state index contributed by atoms with van der Waals surface area (Å²) in [4.78, 5) is 12.8. The lowest BCUT2D eigenvalue weighted by molar-refractivity contribution is 0.179. The van der Waals surface area contributed by atoms with Gasteiger partial charge in [0.1, 0.15) is 11.9 Å². The van der Waals surface area contributed by atoms with E-state index >= 15 is 0 Å². The summed E-state index contributed by atoms with van der Waals surface area (Å²) >= 11 is 0. The number of nitrogens with one attached hydrogen (secondary N) is 1. The topological polar surface area (TPSA) is 85.1 Å². The van der Waals surface area contributed by atoms with Crippen LogP contribution in [0.15, 0.2) is 49.3 Å². The van der Waals surface area contributed by atoms with E-state index in [9.17, 15) is 5.11 Å². The summed E-state index contributed by atoms with van der Waals surface area (Å²) in [6, 6.07) is 5.41. The Kier molecular flexibility index (Phi) is 4.79. The predicted octanol–water partition coefficient (Wildman–Crippen LogP) is 2.56. The fourth-order valence-electron chi connectivity index (χ4n) is 3.10. The number of benzene rings is 1. The molecule has 2 aromatic heterocycles. The molecule has 0 spiro atoms. The van der Waals surface area contributed by atoms with Crippen molar-refractivity contribution in [3.05, 3.63) is 49.3 Å². The first-order chi connectivity index (χ1) is 12.8. The van der Waals surface area contributed by atoms with Crippen LogP contribution in [-0.2, 0) is 0 Å². The maximum atomic E-state index is 10.4. The quantitative estimate of drug-likeness (QED) is 0.751. The Balaban J connectivity index is 1.49. The minimum atomic E-state index is 0.147. The molecule has 2 N–H and O–H groups in total. The molecule has 0 unspecified atom stereocenters. The summed E-state index contributed by atoms with van der Waals surface area (Å²) in [5, 5.41) is 13.7. The van der Waals surface area contributed by atoms with E-state index in [1.54, 1.807) is 31.0 Å². The molecule has 0 aliphatic carbocycles. The second-order valence-electron chi connectivity index (χ2n) is 6.33. The third kappa shape index (κ3) is 3.67. The average molecular weight is 351 g/mol. The molecular formula is C19H21N5O2. The Labute approximate surface area is 151 Å². The molecule has 0 amide bonds. The van der Waals surface area contributed by atoms with Gasteiger partial charge in [0, 0.05) is 24.0 Å². The first kappa shape index (κ1) is 16.5. The molecule has 26 heavy (non-hydrogen) atoms. The van der Waals surface area contributed by atoms with Gasteiger partial charge in [0.25, 0.3) is 0 Å². The number of aromatic nitrogens is 4. The first-order valence-electron chi connectivity index (χ1n) is 8.81. The highest BCUT2D eigenvalue weighted by Gasteiger charge is 2.15. The molecule has 3 aromatic rings. The number of phenolic OH excluding ortho intramolecular Hbond substituents is 1. The number of rotatable bonds is 4. The van der Waals surface area contributed by atoms with Crippen LogP contribution in [0.4, 0.5) is 0 Å². The van der Waals surface area contributed by atoms with Crippen molar-refractivity contribution in [3.8, 4) is 28.6 Å². The molecule has 0 radical (unpaired) electrons. The molecule has 1 atom stereocenters. The van der Waals surface area contributed by atoms with Gasteiger partial charge in [-0.05, 0) is 44.5 Å². The van der Waals surface area contributed by atoms with E-state index in [1.807, 2.05) is 22.9 Å². The Morgan fingerprint density at radius 1 is 1.15 bits per heavy atom. The van der Waals surface area contributed by atoms with Crippen molar-refractivity contribution in [2.75, 3.05) is 13.1 Å². The molecule has 0 saturated carbocycles. The van der Waals surface area contributed by atoms with E-state index in [1.165, 1.54) is 0 Å². The minimum Gasteiger partial charge on any atom is -0.507 e. The molecule has 3 heterocycles. The van der Waals surface area contributed by atoms with E-state index in [2.05, 4.69) is 20.3 Å². The van der Waals surface area contributed by atoms with Crippen molar-refractivity contribution < 1.29 is 9.84 Å². The molecule has 134 valence electrons. The molecule has 1 fully saturated rings. The van der Waals surface area contributed by atoms with Crippen LogP contribution in [0.2, 0.25) is 0 Å². The average Bonchev–Trinajstić information content (AvgIpc) is 3.08. The highest BCUT2D eigenvalue weighted by molar-refractivity contribution is 5.68. The SMILES string of the molecule is Oc1cc(-n2ccnc2)ccc1-c1cnc(O[C@H]2CCCNCC2)cn1. The van der Waals surface area contributed by atoms with Gasteiger partial charge in [-0.25, -0.2) is 15.0 Å². The zero-order valence-corrected chi connectivity index (χ0v) is 14.4. The minimum absolute atomic E-state index is 0.147. The smallest absolute Gasteiger partial charge is 0.232 e. The number of imidazole rings is 1. The van der Waals surface area contributed by atoms with Crippen LogP contribution in [0.5, 0.6) is 11.6 Å². The fraction of sp³-hybridized carbons (Fsp3) is 0.316. The van der Waals surface area contributed by atoms with Crippen LogP contribution in [0.1, 0.15) is 19.3 Å². The zero-order chi connectivity index (χ0) is 17.8. The maximum absolute atomic E-state index is 10.4. The molecule has 7 nitrogen and oxygen atoms in total. The van der Waals surface area contributed by atoms with Gasteiger partial charge < -0.3 is 19.7 Å². The van der Waals surface area contributed by atoms with Crippen LogP contribution < -0.4 is 10.1 Å². The lowest BCUT2D eigenvalue weighted by Crippen LogP contribution is -2.19. The van der Waals surface area contributed by atoms with Crippen molar-refractivity contribution in [1.29, 1.82) is 0 Å². The van der Waals surface area contributed by atoms with Crippen molar-refractivity contribution in [2.24, 2.45) is 0 Å². The van der Waals surface area contributed by atoms with Crippen LogP contribution in [0.25, 0.3) is 16.9 Å². The number of nitrogens with zero attached hydrogens (tertiary/aromatic N) is 4. The van der Waals surface area contributed by atoms with Crippen LogP contribution in [0, 0.1) is 0 Å². The summed E-state index contributed by atoms with van der Waals surface area (Å²) in [6.07, 6.45) is 11.7. The first-order valence-corrected chi connectivity index (χ1v) is 8.81. The standard InChI is InChI=1S/C19H21N5O2/c25-18-10-14(24-9-8-21-13-24)3-4-16(18)17-11-23-19(12-22-17)26-15-2-1-6-20-7-5-15/h3-4,8-13,15,20,25H,1-2,5-7H2/t15-/m0/s1. The Morgan fingerprint density at radius 3 is 2.88 bits per heavy atom. The highest BCUT2D eigenvalue weighted by Crippen LogP contribution is 2.30. The van der Waals surface area contributed by atoms with E-state index in [4.69, 9.17) is 4.74 Å². The van der Waals surface area contributed by atoms with E-state index in [0.717, 1.165) is 38.0 Å². The van der Waals surface area contributed by atoms with Crippen LogP contribution in [-0.4, -0.2) is 43.8 Å². The predicted molar refractivity (Wildman–Crippen MR) is 97.4 cm³/mol. The second kappa shape index (κ2) is 7.53. The number of hydrogen-bond donors (Lipinski definition) is 2. The van der Waals surface area contributed by atoms with Gasteiger partial charge in [-0.2, -0.15) is 0 Å². The van der Waals surface area contributed by atoms with Gasteiger partial charge >= 0.3 is 0 Å². The monoisotopic (exact) mass is 351 g/mol. The van der Waals surface area contributed by atoms with E-state index in [0.29, 0.717) is 17.1 Å². The highest BCUT2D eigenvalue weighted by atomic mass is 16.5. The molecule has 0 bridgehead atoms. The molecule has 1 saturated heterocycles. The van der Waals surface area contributed by atoms with Crippen molar-refractivity contribution >= 4 is 0 Å². The summed E-state index contributed by atoms with van der Waals surface area (Å²) in [6.45, 7) is 2.01. The summed E-state index contributed by atoms with van der Waals surface area (Å²) < 4.78 is 7.77. The molecule has 1 aromatic carbocycles. The van der Waals surface area contributed by atoms with Crippen molar-refractivity contribution in [1.82, 2.24) is 24.8 Å². The number of aromatic hydroxyl groups is 1. The maximum Gasteiger partial charge on any atom is 0.232 e. The number of ether oxygens (including phenoxy) is 1. The van der Waals surface area contributed by atoms with Crippen molar-refractivity contribution in [2.45, 2.75) is 25.4 Å². The van der Waals surface area contributed by atoms with Crippen LogP contribution in [0.3, 0.4) is 0 Å². The Morgan fingerprint density at radius 2 is 2.12 bits per heavy atom. The molecule has 4 rings (SSSR count). The lowest BCUT2D eigenvalue weighted by Gasteiger charge is -2.15. The molecule has 1 aliphatic heterocycles. The Bertz CT molecular complexity index is 841. The van der Waals surface area contributed by atoms with Gasteiger partial charge in [0.2, 0.25) is 5.88 Å². The van der Waals surface area contributed by atoms with Gasteiger partial charge in [0.15, 0.2) is 0 Å². The summed E-state index contributed by atoms with van der Waals surface area (Å²) in [5.41, 5.74) is 2.07. The third-order valence-electron chi connectivity index (χ3n) is 4.50. The normalized spacial score (nSPS) is 17.6. The molecule has 1 aliphatic rings. The summed E-state index contributed by atoms with van der Waals surface area (Å²) in [7, 11) is 0. The van der Waals surface area contributed by atoms with Crippen LogP contribution >= 0.6 is 0 Å². The van der Waals surface area contributed by atoms with E-state index in [-0.39, 0.29) is 11.9 Å². The van der Waals surface area contributed by atoms with Gasteiger partial charge in [0.05, 0.1) is 30.1 Å². The largest absolute Gasteiger partial charge is 0.507 e. The third-order valence-corrected chi connectivity index (χ3v) is 4.50. The molecule has 7 heteroatoms. The lowest BCUT2D eigenvalue weighted by atomic mass is 10.1. The second-order valence-corrected chi connectivity index (χ2v) is 6.33. The van der Waals surface area contributed by atoms with E-state index < -0.39 is 0 Å². The number of phenols is 1. The van der Waals surface area contributed by atoms with Gasteiger partial charge in [-0.15, -0.1) is 0 Å². The van der Waals surface area contributed by atoms with Gasteiger partial charge in [-0.3, -0.25) is 0 Å². The van der Waals surface area contributed by atoms with Crippen molar-refractivity contribution in [3.63, 3.8) is 0 Å².